The Morgan fingerprint density at radius 2 is 1.78 bits per heavy atom. The van der Waals surface area contributed by atoms with Gasteiger partial charge in [0.25, 0.3) is 0 Å². The molecule has 3 nitrogen and oxygen atoms in total. The van der Waals surface area contributed by atoms with E-state index in [4.69, 9.17) is 0 Å². The summed E-state index contributed by atoms with van der Waals surface area (Å²) in [5.74, 6) is 0. The highest BCUT2D eigenvalue weighted by molar-refractivity contribution is 5.92. The van der Waals surface area contributed by atoms with Gasteiger partial charge in [0, 0.05) is 24.2 Å². The van der Waals surface area contributed by atoms with E-state index in [0.29, 0.717) is 13.1 Å². The topological polar surface area (TPSA) is 32.3 Å². The van der Waals surface area contributed by atoms with Crippen LogP contribution in [0.5, 0.6) is 0 Å². The summed E-state index contributed by atoms with van der Waals surface area (Å²) in [6.07, 6.45) is 0. The third-order valence-electron chi connectivity index (χ3n) is 4.11. The Kier molecular flexibility index (Phi) is 5.43. The summed E-state index contributed by atoms with van der Waals surface area (Å²) < 4.78 is 0. The van der Waals surface area contributed by atoms with Gasteiger partial charge < -0.3 is 5.32 Å². The molecule has 2 aromatic carbocycles. The van der Waals surface area contributed by atoms with Gasteiger partial charge in [-0.3, -0.25) is 4.90 Å². The first-order chi connectivity index (χ1) is 10.9. The number of carbonyl (C=O) groups is 1. The molecule has 0 saturated heterocycles. The third kappa shape index (κ3) is 4.35. The van der Waals surface area contributed by atoms with Crippen LogP contribution in [0.3, 0.4) is 0 Å². The van der Waals surface area contributed by atoms with Crippen molar-refractivity contribution in [1.82, 2.24) is 5.32 Å². The van der Waals surface area contributed by atoms with Crippen molar-refractivity contribution in [3.63, 3.8) is 0 Å². The molecule has 0 saturated carbocycles. The summed E-state index contributed by atoms with van der Waals surface area (Å²) in [5.41, 5.74) is 3.20. The first-order valence-electron chi connectivity index (χ1n) is 8.11. The summed E-state index contributed by atoms with van der Waals surface area (Å²) in [6, 6.07) is 18.2. The highest BCUT2D eigenvalue weighted by Gasteiger charge is 2.22. The lowest BCUT2D eigenvalue weighted by Gasteiger charge is -2.28. The summed E-state index contributed by atoms with van der Waals surface area (Å²) in [7, 11) is 0. The van der Waals surface area contributed by atoms with Crippen LogP contribution in [0.4, 0.5) is 10.5 Å². The Morgan fingerprint density at radius 1 is 1.09 bits per heavy atom. The second-order valence-corrected chi connectivity index (χ2v) is 6.49. The molecular formula is C20H26N2O. The number of hydrogen-bond acceptors (Lipinski definition) is 1. The summed E-state index contributed by atoms with van der Waals surface area (Å²) in [5, 5.41) is 3.08. The van der Waals surface area contributed by atoms with E-state index in [9.17, 15) is 4.79 Å². The molecule has 2 amide bonds. The maximum absolute atomic E-state index is 12.6. The van der Waals surface area contributed by atoms with Crippen LogP contribution in [0.1, 0.15) is 31.9 Å². The molecule has 0 aliphatic heterocycles. The van der Waals surface area contributed by atoms with Crippen molar-refractivity contribution in [2.75, 3.05) is 18.0 Å². The van der Waals surface area contributed by atoms with Crippen LogP contribution in [0.25, 0.3) is 0 Å². The predicted octanol–water partition coefficient (Wildman–Crippen LogP) is 4.51. The predicted molar refractivity (Wildman–Crippen MR) is 97.1 cm³/mol. The maximum Gasteiger partial charge on any atom is 0.321 e. The average molecular weight is 310 g/mol. The van der Waals surface area contributed by atoms with E-state index < -0.39 is 0 Å². The third-order valence-corrected chi connectivity index (χ3v) is 4.11. The van der Waals surface area contributed by atoms with Crippen molar-refractivity contribution in [2.45, 2.75) is 33.1 Å². The monoisotopic (exact) mass is 310 g/mol. The lowest BCUT2D eigenvalue weighted by molar-refractivity contribution is 0.244. The molecule has 1 N–H and O–H groups in total. The van der Waals surface area contributed by atoms with Crippen molar-refractivity contribution >= 4 is 11.7 Å². The summed E-state index contributed by atoms with van der Waals surface area (Å²) in [4.78, 5) is 14.4. The number of urea groups is 1. The minimum absolute atomic E-state index is 0.0536. The molecule has 122 valence electrons. The fourth-order valence-electron chi connectivity index (χ4n) is 2.62. The molecule has 0 aliphatic carbocycles. The number of nitrogens with one attached hydrogen (secondary N) is 1. The van der Waals surface area contributed by atoms with E-state index in [0.717, 1.165) is 11.3 Å². The fraction of sp³-hybridized carbons (Fsp3) is 0.350. The fourth-order valence-corrected chi connectivity index (χ4v) is 2.62. The molecule has 0 heterocycles. The molecule has 3 heteroatoms. The molecule has 2 rings (SSSR count). The van der Waals surface area contributed by atoms with Gasteiger partial charge in [-0.15, -0.1) is 0 Å². The van der Waals surface area contributed by atoms with E-state index in [1.54, 1.807) is 4.90 Å². The minimum atomic E-state index is -0.108. The largest absolute Gasteiger partial charge is 0.337 e. The van der Waals surface area contributed by atoms with Crippen LogP contribution in [0.2, 0.25) is 0 Å². The van der Waals surface area contributed by atoms with Gasteiger partial charge >= 0.3 is 6.03 Å². The minimum Gasteiger partial charge on any atom is -0.337 e. The molecule has 0 fully saturated rings. The molecule has 0 aliphatic rings. The molecule has 0 bridgehead atoms. The molecule has 0 atom stereocenters. The van der Waals surface area contributed by atoms with Crippen molar-refractivity contribution < 1.29 is 4.79 Å². The molecule has 0 spiro atoms. The van der Waals surface area contributed by atoms with Crippen molar-refractivity contribution in [2.24, 2.45) is 0 Å². The van der Waals surface area contributed by atoms with Crippen LogP contribution in [-0.4, -0.2) is 19.1 Å². The maximum atomic E-state index is 12.6. The molecule has 0 unspecified atom stereocenters. The molecule has 23 heavy (non-hydrogen) atoms. The molecule has 2 aromatic rings. The van der Waals surface area contributed by atoms with Crippen LogP contribution in [0.15, 0.2) is 54.6 Å². The zero-order chi connectivity index (χ0) is 16.9. The van der Waals surface area contributed by atoms with E-state index in [1.807, 2.05) is 56.3 Å². The van der Waals surface area contributed by atoms with E-state index in [-0.39, 0.29) is 11.4 Å². The Hall–Kier alpha value is -2.29. The molecular weight excluding hydrogens is 284 g/mol. The number of hydrogen-bond donors (Lipinski definition) is 1. The van der Waals surface area contributed by atoms with Crippen LogP contribution in [0, 0.1) is 6.92 Å². The number of benzene rings is 2. The first kappa shape index (κ1) is 17.1. The number of carbonyl (C=O) groups excluding carboxylic acids is 1. The van der Waals surface area contributed by atoms with E-state index in [1.165, 1.54) is 5.56 Å². The van der Waals surface area contributed by atoms with Gasteiger partial charge in [-0.25, -0.2) is 4.79 Å². The summed E-state index contributed by atoms with van der Waals surface area (Å²) in [6.45, 7) is 9.55. The smallest absolute Gasteiger partial charge is 0.321 e. The normalized spacial score (nSPS) is 11.1. The van der Waals surface area contributed by atoms with Gasteiger partial charge in [0.15, 0.2) is 0 Å². The second-order valence-electron chi connectivity index (χ2n) is 6.49. The van der Waals surface area contributed by atoms with Crippen LogP contribution < -0.4 is 10.2 Å². The quantitative estimate of drug-likeness (QED) is 0.866. The SMILES string of the molecule is CCN(C(=O)NCC(C)(C)c1ccccc1)c1cccc(C)c1. The van der Waals surface area contributed by atoms with Crippen LogP contribution in [-0.2, 0) is 5.41 Å². The van der Waals surface area contributed by atoms with Gasteiger partial charge in [0.2, 0.25) is 0 Å². The van der Waals surface area contributed by atoms with Gasteiger partial charge in [0.05, 0.1) is 0 Å². The number of aryl methyl sites for hydroxylation is 1. The van der Waals surface area contributed by atoms with Crippen LogP contribution >= 0.6 is 0 Å². The summed E-state index contributed by atoms with van der Waals surface area (Å²) >= 11 is 0. The Bertz CT molecular complexity index is 650. The van der Waals surface area contributed by atoms with Gasteiger partial charge in [0.1, 0.15) is 0 Å². The Morgan fingerprint density at radius 3 is 2.39 bits per heavy atom. The lowest BCUT2D eigenvalue weighted by Crippen LogP contribution is -2.44. The number of amides is 2. The van der Waals surface area contributed by atoms with Crippen molar-refractivity contribution in [3.05, 3.63) is 65.7 Å². The number of nitrogens with zero attached hydrogens (tertiary/aromatic N) is 1. The Labute approximate surface area is 139 Å². The first-order valence-corrected chi connectivity index (χ1v) is 8.11. The Balaban J connectivity index is 2.06. The van der Waals surface area contributed by atoms with Crippen molar-refractivity contribution in [1.29, 1.82) is 0 Å². The van der Waals surface area contributed by atoms with Crippen molar-refractivity contribution in [3.8, 4) is 0 Å². The zero-order valence-corrected chi connectivity index (χ0v) is 14.5. The number of anilines is 1. The highest BCUT2D eigenvalue weighted by Crippen LogP contribution is 2.22. The van der Waals surface area contributed by atoms with E-state index in [2.05, 4.69) is 31.3 Å². The lowest BCUT2D eigenvalue weighted by atomic mass is 9.85. The van der Waals surface area contributed by atoms with E-state index >= 15 is 0 Å². The number of rotatable bonds is 5. The van der Waals surface area contributed by atoms with Gasteiger partial charge in [-0.05, 0) is 37.1 Å². The van der Waals surface area contributed by atoms with Gasteiger partial charge in [-0.2, -0.15) is 0 Å². The zero-order valence-electron chi connectivity index (χ0n) is 14.5. The van der Waals surface area contributed by atoms with Gasteiger partial charge in [-0.1, -0.05) is 56.3 Å². The average Bonchev–Trinajstić information content (AvgIpc) is 2.55. The highest BCUT2D eigenvalue weighted by atomic mass is 16.2. The standard InChI is InChI=1S/C20H26N2O/c1-5-22(18-13-9-10-16(2)14-18)19(23)21-15-20(3,4)17-11-7-6-8-12-17/h6-14H,5,15H2,1-4H3,(H,21,23). The molecule has 0 radical (unpaired) electrons. The molecule has 0 aromatic heterocycles. The second kappa shape index (κ2) is 7.32.